The molecule has 2 aromatic carbocycles. The van der Waals surface area contributed by atoms with Crippen LogP contribution in [0.5, 0.6) is 5.75 Å². The van der Waals surface area contributed by atoms with E-state index in [-0.39, 0.29) is 43.9 Å². The highest BCUT2D eigenvalue weighted by Crippen LogP contribution is 2.22. The van der Waals surface area contributed by atoms with Crippen LogP contribution in [-0.4, -0.2) is 72.0 Å². The number of aliphatic imine (C=N–C) groups is 1. The maximum atomic E-state index is 13.8. The van der Waals surface area contributed by atoms with Crippen molar-refractivity contribution in [1.29, 1.82) is 0 Å². The molecule has 0 fully saturated rings. The van der Waals surface area contributed by atoms with Gasteiger partial charge in [0.2, 0.25) is 23.6 Å². The maximum absolute atomic E-state index is 13.8. The van der Waals surface area contributed by atoms with E-state index in [9.17, 15) is 24.3 Å². The Morgan fingerprint density at radius 2 is 1.37 bits per heavy atom. The van der Waals surface area contributed by atoms with Crippen LogP contribution < -0.4 is 44.6 Å². The summed E-state index contributed by atoms with van der Waals surface area (Å²) in [4.78, 5) is 56.6. The fourth-order valence-electron chi connectivity index (χ4n) is 5.01. The second kappa shape index (κ2) is 19.0. The average Bonchev–Trinajstić information content (AvgIpc) is 2.99. The molecule has 2 aromatic rings. The van der Waals surface area contributed by atoms with E-state index in [1.807, 2.05) is 30.3 Å². The minimum absolute atomic E-state index is 0.0608. The SMILES string of the molecule is Cc1cc(O)cc(C)c1C[C@@H](NC(=O)[C@@H](N)CCCN=C(N)N)C(=O)N[C@@H](CCCCN)C(=O)N[C@@H](Cc1ccccc1)C(N)=O. The quantitative estimate of drug-likeness (QED) is 0.0530. The van der Waals surface area contributed by atoms with Crippen molar-refractivity contribution in [1.82, 2.24) is 16.0 Å². The van der Waals surface area contributed by atoms with Gasteiger partial charge >= 0.3 is 0 Å². The molecule has 4 atom stereocenters. The van der Waals surface area contributed by atoms with Crippen molar-refractivity contribution in [3.63, 3.8) is 0 Å². The molecule has 0 spiro atoms. The summed E-state index contributed by atoms with van der Waals surface area (Å²) < 4.78 is 0. The fourth-order valence-corrected chi connectivity index (χ4v) is 5.01. The molecule has 14 N–H and O–H groups in total. The third-order valence-electron chi connectivity index (χ3n) is 7.55. The average molecular weight is 640 g/mol. The van der Waals surface area contributed by atoms with Crippen LogP contribution in [0.15, 0.2) is 47.5 Å². The lowest BCUT2D eigenvalue weighted by atomic mass is 9.95. The molecule has 0 unspecified atom stereocenters. The Hall–Kier alpha value is -4.69. The third kappa shape index (κ3) is 12.7. The monoisotopic (exact) mass is 639 g/mol. The number of hydrogen-bond acceptors (Lipinski definition) is 8. The summed E-state index contributed by atoms with van der Waals surface area (Å²) in [5.41, 5.74) is 31.1. The Labute approximate surface area is 269 Å². The molecule has 0 aliphatic heterocycles. The van der Waals surface area contributed by atoms with Crippen molar-refractivity contribution >= 4 is 29.6 Å². The summed E-state index contributed by atoms with van der Waals surface area (Å²) in [6, 6.07) is 8.07. The Bertz CT molecular complexity index is 1330. The molecule has 14 nitrogen and oxygen atoms in total. The van der Waals surface area contributed by atoms with Crippen molar-refractivity contribution in [2.75, 3.05) is 13.1 Å². The first kappa shape index (κ1) is 37.5. The molecule has 0 saturated carbocycles. The summed E-state index contributed by atoms with van der Waals surface area (Å²) in [7, 11) is 0. The fraction of sp³-hybridized carbons (Fsp3) is 0.469. The van der Waals surface area contributed by atoms with Crippen molar-refractivity contribution in [3.8, 4) is 5.75 Å². The second-order valence-corrected chi connectivity index (χ2v) is 11.4. The lowest BCUT2D eigenvalue weighted by molar-refractivity contribution is -0.133. The number of unbranched alkanes of at least 4 members (excludes halogenated alkanes) is 1. The Morgan fingerprint density at radius 1 is 0.783 bits per heavy atom. The normalized spacial score (nSPS) is 13.5. The topological polar surface area (TPSA) is 267 Å². The number of guanidine groups is 1. The number of benzene rings is 2. The molecule has 14 heteroatoms. The number of aromatic hydroxyl groups is 1. The van der Waals surface area contributed by atoms with Crippen molar-refractivity contribution in [2.45, 2.75) is 83.0 Å². The van der Waals surface area contributed by atoms with Crippen LogP contribution >= 0.6 is 0 Å². The maximum Gasteiger partial charge on any atom is 0.243 e. The van der Waals surface area contributed by atoms with Crippen LogP contribution in [-0.2, 0) is 32.0 Å². The number of phenolic OH excluding ortho intramolecular Hbond substituents is 1. The van der Waals surface area contributed by atoms with E-state index < -0.39 is 47.8 Å². The minimum atomic E-state index is -1.13. The molecular formula is C32H49N9O5. The number of carbonyl (C=O) groups excluding carboxylic acids is 4. The van der Waals surface area contributed by atoms with Gasteiger partial charge in [0.15, 0.2) is 5.96 Å². The van der Waals surface area contributed by atoms with Gasteiger partial charge in [0.25, 0.3) is 0 Å². The summed E-state index contributed by atoms with van der Waals surface area (Å²) in [6.07, 6.45) is 2.27. The van der Waals surface area contributed by atoms with Crippen LogP contribution in [0.2, 0.25) is 0 Å². The minimum Gasteiger partial charge on any atom is -0.508 e. The van der Waals surface area contributed by atoms with Gasteiger partial charge in [0.05, 0.1) is 6.04 Å². The molecule has 2 rings (SSSR count). The number of aryl methyl sites for hydroxylation is 2. The molecule has 0 bridgehead atoms. The van der Waals surface area contributed by atoms with Crippen molar-refractivity contribution < 1.29 is 24.3 Å². The Kier molecular flexibility index (Phi) is 15.5. The Morgan fingerprint density at radius 3 is 1.96 bits per heavy atom. The second-order valence-electron chi connectivity index (χ2n) is 11.4. The van der Waals surface area contributed by atoms with Gasteiger partial charge < -0.3 is 49.7 Å². The number of hydrogen-bond donors (Lipinski definition) is 9. The number of phenols is 1. The number of nitrogens with two attached hydrogens (primary N) is 5. The first-order chi connectivity index (χ1) is 21.8. The summed E-state index contributed by atoms with van der Waals surface area (Å²) in [6.45, 7) is 4.25. The van der Waals surface area contributed by atoms with Gasteiger partial charge in [-0.3, -0.25) is 24.2 Å². The first-order valence-electron chi connectivity index (χ1n) is 15.4. The van der Waals surface area contributed by atoms with Gasteiger partial charge in [0.1, 0.15) is 23.9 Å². The van der Waals surface area contributed by atoms with Gasteiger partial charge in [-0.05, 0) is 86.9 Å². The van der Waals surface area contributed by atoms with Gasteiger partial charge in [-0.15, -0.1) is 0 Å². The predicted molar refractivity (Wildman–Crippen MR) is 177 cm³/mol. The number of nitrogens with zero attached hydrogens (tertiary/aromatic N) is 1. The van der Waals surface area contributed by atoms with E-state index in [0.717, 1.165) is 11.1 Å². The van der Waals surface area contributed by atoms with Crippen LogP contribution in [0.25, 0.3) is 0 Å². The molecule has 0 aliphatic rings. The lowest BCUT2D eigenvalue weighted by Crippen LogP contribution is -2.58. The van der Waals surface area contributed by atoms with E-state index in [1.165, 1.54) is 0 Å². The number of carbonyl (C=O) groups is 4. The van der Waals surface area contributed by atoms with Crippen LogP contribution in [0.4, 0.5) is 0 Å². The van der Waals surface area contributed by atoms with Crippen LogP contribution in [0, 0.1) is 13.8 Å². The van der Waals surface area contributed by atoms with E-state index in [1.54, 1.807) is 26.0 Å². The number of primary amides is 1. The number of nitrogens with one attached hydrogen (secondary N) is 3. The molecular weight excluding hydrogens is 590 g/mol. The number of amides is 4. The smallest absolute Gasteiger partial charge is 0.243 e. The third-order valence-corrected chi connectivity index (χ3v) is 7.55. The standard InChI is InChI=1S/C32H49N9O5/c1-19-15-22(42)16-20(2)23(19)18-27(41-29(44)24(34)11-8-14-38-32(36)37)31(46)39-25(12-6-7-13-33)30(45)40-26(28(35)43)17-21-9-4-3-5-10-21/h3-5,9-10,15-16,24-27,42H,6-8,11-14,17-18,33-34H2,1-2H3,(H2,35,43)(H,39,46)(H,40,45)(H,41,44)(H4,36,37,38)/t24-,25-,26-,27+/m0/s1. The molecule has 252 valence electrons. The molecule has 0 radical (unpaired) electrons. The predicted octanol–water partition coefficient (Wildman–Crippen LogP) is -0.756. The summed E-state index contributed by atoms with van der Waals surface area (Å²) >= 11 is 0. The van der Waals surface area contributed by atoms with Crippen LogP contribution in [0.3, 0.4) is 0 Å². The van der Waals surface area contributed by atoms with E-state index >= 15 is 0 Å². The lowest BCUT2D eigenvalue weighted by Gasteiger charge is -2.26. The highest BCUT2D eigenvalue weighted by Gasteiger charge is 2.30. The first-order valence-corrected chi connectivity index (χ1v) is 15.4. The largest absolute Gasteiger partial charge is 0.508 e. The van der Waals surface area contributed by atoms with Gasteiger partial charge in [-0.25, -0.2) is 0 Å². The van der Waals surface area contributed by atoms with E-state index in [2.05, 4.69) is 20.9 Å². The zero-order valence-corrected chi connectivity index (χ0v) is 26.6. The molecule has 4 amide bonds. The summed E-state index contributed by atoms with van der Waals surface area (Å²) in [5, 5.41) is 18.2. The highest BCUT2D eigenvalue weighted by atomic mass is 16.3. The molecule has 0 aromatic heterocycles. The van der Waals surface area contributed by atoms with Gasteiger partial charge in [-0.1, -0.05) is 30.3 Å². The molecule has 46 heavy (non-hydrogen) atoms. The molecule has 0 saturated heterocycles. The zero-order chi connectivity index (χ0) is 34.2. The summed E-state index contributed by atoms with van der Waals surface area (Å²) in [5.74, 6) is -2.51. The van der Waals surface area contributed by atoms with E-state index in [4.69, 9.17) is 28.7 Å². The Balaban J connectivity index is 2.30. The number of rotatable bonds is 19. The molecule has 0 aliphatic carbocycles. The van der Waals surface area contributed by atoms with Crippen molar-refractivity contribution in [3.05, 3.63) is 64.7 Å². The van der Waals surface area contributed by atoms with Gasteiger partial charge in [-0.2, -0.15) is 0 Å². The van der Waals surface area contributed by atoms with Crippen LogP contribution in [0.1, 0.15) is 54.4 Å². The zero-order valence-electron chi connectivity index (χ0n) is 26.6. The molecule has 0 heterocycles. The highest BCUT2D eigenvalue weighted by molar-refractivity contribution is 5.94. The van der Waals surface area contributed by atoms with Gasteiger partial charge in [0, 0.05) is 19.4 Å². The van der Waals surface area contributed by atoms with E-state index in [0.29, 0.717) is 36.9 Å². The van der Waals surface area contributed by atoms with Crippen molar-refractivity contribution in [2.24, 2.45) is 33.7 Å².